The molecule has 4 nitrogen and oxygen atoms in total. The molecule has 4 heteroatoms. The van der Waals surface area contributed by atoms with Crippen LogP contribution in [0.1, 0.15) is 115 Å². The average Bonchev–Trinajstić information content (AvgIpc) is 3.36. The van der Waals surface area contributed by atoms with Gasteiger partial charge in [0.25, 0.3) is 0 Å². The van der Waals surface area contributed by atoms with E-state index in [2.05, 4.69) is 18.3 Å². The van der Waals surface area contributed by atoms with Crippen LogP contribution >= 0.6 is 0 Å². The SMILES string of the molecule is CCCCCCCCCCCCCCCCNCc1cccc(OC)c1OCC1CCCO1. The molecule has 1 aliphatic rings. The second-order valence-electron chi connectivity index (χ2n) is 9.67. The summed E-state index contributed by atoms with van der Waals surface area (Å²) in [6, 6.07) is 6.15. The van der Waals surface area contributed by atoms with Crippen molar-refractivity contribution < 1.29 is 14.2 Å². The van der Waals surface area contributed by atoms with Gasteiger partial charge < -0.3 is 19.5 Å². The van der Waals surface area contributed by atoms with E-state index in [4.69, 9.17) is 14.2 Å². The summed E-state index contributed by atoms with van der Waals surface area (Å²) in [5.74, 6) is 1.67. The molecule has 1 atom stereocenters. The Balaban J connectivity index is 1.47. The van der Waals surface area contributed by atoms with E-state index in [1.807, 2.05) is 12.1 Å². The fourth-order valence-electron chi connectivity index (χ4n) is 4.64. The van der Waals surface area contributed by atoms with Gasteiger partial charge >= 0.3 is 0 Å². The molecule has 1 unspecified atom stereocenters. The van der Waals surface area contributed by atoms with Gasteiger partial charge in [0, 0.05) is 18.7 Å². The molecule has 33 heavy (non-hydrogen) atoms. The van der Waals surface area contributed by atoms with Crippen LogP contribution in [0.15, 0.2) is 18.2 Å². The summed E-state index contributed by atoms with van der Waals surface area (Å²) in [5, 5.41) is 3.60. The topological polar surface area (TPSA) is 39.7 Å². The largest absolute Gasteiger partial charge is 0.493 e. The van der Waals surface area contributed by atoms with Gasteiger partial charge in [-0.3, -0.25) is 0 Å². The minimum absolute atomic E-state index is 0.214. The molecular weight excluding hydrogens is 410 g/mol. The van der Waals surface area contributed by atoms with Crippen LogP contribution in [0.5, 0.6) is 11.5 Å². The summed E-state index contributed by atoms with van der Waals surface area (Å²) < 4.78 is 17.4. The molecule has 0 spiro atoms. The number of unbranched alkanes of at least 4 members (excludes halogenated alkanes) is 13. The molecule has 1 aromatic rings. The van der Waals surface area contributed by atoms with Gasteiger partial charge in [-0.2, -0.15) is 0 Å². The van der Waals surface area contributed by atoms with Crippen LogP contribution in [-0.2, 0) is 11.3 Å². The molecule has 1 aliphatic heterocycles. The number of hydrogen-bond acceptors (Lipinski definition) is 4. The number of nitrogens with one attached hydrogen (secondary N) is 1. The lowest BCUT2D eigenvalue weighted by Crippen LogP contribution is -2.19. The lowest BCUT2D eigenvalue weighted by molar-refractivity contribution is 0.0666. The van der Waals surface area contributed by atoms with Crippen LogP contribution in [0.4, 0.5) is 0 Å². The Morgan fingerprint density at radius 1 is 0.879 bits per heavy atom. The number of benzene rings is 1. The van der Waals surface area contributed by atoms with E-state index in [0.717, 1.165) is 49.6 Å². The van der Waals surface area contributed by atoms with Crippen LogP contribution in [0.2, 0.25) is 0 Å². The first-order chi connectivity index (χ1) is 16.3. The second-order valence-corrected chi connectivity index (χ2v) is 9.67. The number of rotatable bonds is 21. The van der Waals surface area contributed by atoms with Gasteiger partial charge in [0.15, 0.2) is 11.5 Å². The summed E-state index contributed by atoms with van der Waals surface area (Å²) in [7, 11) is 1.71. The molecule has 0 saturated carbocycles. The Morgan fingerprint density at radius 2 is 1.52 bits per heavy atom. The zero-order valence-corrected chi connectivity index (χ0v) is 21.7. The van der Waals surface area contributed by atoms with Gasteiger partial charge in [0.2, 0.25) is 0 Å². The molecular formula is C29H51NO3. The third-order valence-electron chi connectivity index (χ3n) is 6.74. The third kappa shape index (κ3) is 12.7. The van der Waals surface area contributed by atoms with Crippen molar-refractivity contribution >= 4 is 0 Å². The molecule has 0 bridgehead atoms. The fourth-order valence-corrected chi connectivity index (χ4v) is 4.64. The zero-order valence-electron chi connectivity index (χ0n) is 21.7. The Bertz CT molecular complexity index is 586. The molecule has 1 fully saturated rings. The standard InChI is InChI=1S/C29H51NO3/c1-3-4-5-6-7-8-9-10-11-12-13-14-15-16-22-30-24-26-19-17-21-28(31-2)29(26)33-25-27-20-18-23-32-27/h17,19,21,27,30H,3-16,18,20,22-25H2,1-2H3. The van der Waals surface area contributed by atoms with Crippen molar-refractivity contribution in [3.63, 3.8) is 0 Å². The van der Waals surface area contributed by atoms with Gasteiger partial charge in [0.1, 0.15) is 6.61 Å². The van der Waals surface area contributed by atoms with Gasteiger partial charge in [-0.05, 0) is 31.9 Å². The van der Waals surface area contributed by atoms with Gasteiger partial charge in [-0.1, -0.05) is 103 Å². The first-order valence-electron chi connectivity index (χ1n) is 14.0. The highest BCUT2D eigenvalue weighted by molar-refractivity contribution is 5.46. The fraction of sp³-hybridized carbons (Fsp3) is 0.793. The smallest absolute Gasteiger partial charge is 0.165 e. The molecule has 1 saturated heterocycles. The predicted octanol–water partition coefficient (Wildman–Crippen LogP) is 7.82. The summed E-state index contributed by atoms with van der Waals surface area (Å²) >= 11 is 0. The van der Waals surface area contributed by atoms with Crippen molar-refractivity contribution in [2.45, 2.75) is 122 Å². The van der Waals surface area contributed by atoms with Crippen LogP contribution in [0.3, 0.4) is 0 Å². The van der Waals surface area contributed by atoms with Gasteiger partial charge in [-0.25, -0.2) is 0 Å². The van der Waals surface area contributed by atoms with E-state index >= 15 is 0 Å². The Morgan fingerprint density at radius 3 is 2.09 bits per heavy atom. The molecule has 2 rings (SSSR count). The first-order valence-corrected chi connectivity index (χ1v) is 14.0. The van der Waals surface area contributed by atoms with Crippen molar-refractivity contribution in [1.29, 1.82) is 0 Å². The van der Waals surface area contributed by atoms with E-state index in [1.54, 1.807) is 7.11 Å². The zero-order chi connectivity index (χ0) is 23.4. The molecule has 1 N–H and O–H groups in total. The minimum atomic E-state index is 0.214. The molecule has 0 aromatic heterocycles. The highest BCUT2D eigenvalue weighted by atomic mass is 16.5. The maximum absolute atomic E-state index is 6.13. The lowest BCUT2D eigenvalue weighted by atomic mass is 10.0. The number of hydrogen-bond donors (Lipinski definition) is 1. The maximum atomic E-state index is 6.13. The summed E-state index contributed by atoms with van der Waals surface area (Å²) in [5.41, 5.74) is 1.16. The summed E-state index contributed by atoms with van der Waals surface area (Å²) in [4.78, 5) is 0. The van der Waals surface area contributed by atoms with Gasteiger partial charge in [-0.15, -0.1) is 0 Å². The van der Waals surface area contributed by atoms with Crippen LogP contribution in [-0.4, -0.2) is 33.0 Å². The Labute approximate surface area is 204 Å². The first kappa shape index (κ1) is 28.0. The molecule has 0 aliphatic carbocycles. The molecule has 0 radical (unpaired) electrons. The van der Waals surface area contributed by atoms with Crippen molar-refractivity contribution in [3.05, 3.63) is 23.8 Å². The second kappa shape index (κ2) is 19.1. The van der Waals surface area contributed by atoms with Crippen molar-refractivity contribution in [2.75, 3.05) is 26.9 Å². The monoisotopic (exact) mass is 461 g/mol. The number of methoxy groups -OCH3 is 1. The molecule has 1 heterocycles. The van der Waals surface area contributed by atoms with E-state index in [0.29, 0.717) is 6.61 Å². The van der Waals surface area contributed by atoms with Gasteiger partial charge in [0.05, 0.1) is 13.2 Å². The highest BCUT2D eigenvalue weighted by Crippen LogP contribution is 2.31. The molecule has 190 valence electrons. The van der Waals surface area contributed by atoms with E-state index < -0.39 is 0 Å². The minimum Gasteiger partial charge on any atom is -0.493 e. The van der Waals surface area contributed by atoms with Crippen molar-refractivity contribution in [1.82, 2.24) is 5.32 Å². The summed E-state index contributed by atoms with van der Waals surface area (Å²) in [6.45, 7) is 5.62. The summed E-state index contributed by atoms with van der Waals surface area (Å²) in [6.07, 6.45) is 22.0. The Kier molecular flexibility index (Phi) is 16.2. The van der Waals surface area contributed by atoms with Crippen molar-refractivity contribution in [2.24, 2.45) is 0 Å². The lowest BCUT2D eigenvalue weighted by Gasteiger charge is -2.17. The van der Waals surface area contributed by atoms with E-state index in [1.165, 1.54) is 89.9 Å². The van der Waals surface area contributed by atoms with E-state index in [9.17, 15) is 0 Å². The Hall–Kier alpha value is -1.26. The van der Waals surface area contributed by atoms with Crippen molar-refractivity contribution in [3.8, 4) is 11.5 Å². The van der Waals surface area contributed by atoms with E-state index in [-0.39, 0.29) is 6.10 Å². The number of para-hydroxylation sites is 1. The maximum Gasteiger partial charge on any atom is 0.165 e. The molecule has 1 aromatic carbocycles. The quantitative estimate of drug-likeness (QED) is 0.189. The average molecular weight is 462 g/mol. The third-order valence-corrected chi connectivity index (χ3v) is 6.74. The number of ether oxygens (including phenoxy) is 3. The predicted molar refractivity (Wildman–Crippen MR) is 139 cm³/mol. The van der Waals surface area contributed by atoms with Crippen LogP contribution in [0, 0.1) is 0 Å². The van der Waals surface area contributed by atoms with Crippen LogP contribution < -0.4 is 14.8 Å². The highest BCUT2D eigenvalue weighted by Gasteiger charge is 2.18. The normalized spacial score (nSPS) is 15.8. The van der Waals surface area contributed by atoms with Crippen LogP contribution in [0.25, 0.3) is 0 Å². The molecule has 0 amide bonds.